The molecule has 1 heterocycles. The van der Waals surface area contributed by atoms with E-state index in [-0.39, 0.29) is 0 Å². The number of carboxylic acid groups (broad SMARTS) is 1. The van der Waals surface area contributed by atoms with E-state index in [1.54, 1.807) is 6.07 Å². The number of hydrogen-bond acceptors (Lipinski definition) is 2. The van der Waals surface area contributed by atoms with Crippen LogP contribution in [-0.4, -0.2) is 29.7 Å². The fourth-order valence-corrected chi connectivity index (χ4v) is 2.38. The molecule has 4 heteroatoms. The summed E-state index contributed by atoms with van der Waals surface area (Å²) in [5.74, 6) is -0.887. The second kappa shape index (κ2) is 4.80. The fraction of sp³-hybridized carbons (Fsp3) is 0.267. The summed E-state index contributed by atoms with van der Waals surface area (Å²) in [6.45, 7) is 3.76. The summed E-state index contributed by atoms with van der Waals surface area (Å²) in [5.41, 5.74) is 4.07. The van der Waals surface area contributed by atoms with E-state index in [9.17, 15) is 9.90 Å². The van der Waals surface area contributed by atoms with E-state index in [4.69, 9.17) is 0 Å². The molecule has 0 aliphatic carbocycles. The van der Waals surface area contributed by atoms with Crippen LogP contribution in [-0.2, 0) is 0 Å². The van der Waals surface area contributed by atoms with Gasteiger partial charge in [-0.2, -0.15) is 0 Å². The predicted molar refractivity (Wildman–Crippen MR) is 76.5 cm³/mol. The molecular formula is C15H18N2O2. The third-order valence-corrected chi connectivity index (χ3v) is 3.27. The second-order valence-corrected chi connectivity index (χ2v) is 4.81. The van der Waals surface area contributed by atoms with Gasteiger partial charge in [-0.1, -0.05) is 12.1 Å². The molecule has 0 bridgehead atoms. The maximum absolute atomic E-state index is 11.2. The summed E-state index contributed by atoms with van der Waals surface area (Å²) in [5, 5.41) is 9.21. The Balaban J connectivity index is 2.70. The van der Waals surface area contributed by atoms with Crippen molar-refractivity contribution < 1.29 is 9.90 Å². The van der Waals surface area contributed by atoms with E-state index < -0.39 is 5.97 Å². The molecule has 19 heavy (non-hydrogen) atoms. The molecule has 100 valence electrons. The largest absolute Gasteiger partial charge is 0.478 e. The monoisotopic (exact) mass is 258 g/mol. The first kappa shape index (κ1) is 13.2. The van der Waals surface area contributed by atoms with Crippen molar-refractivity contribution in [1.82, 2.24) is 4.57 Å². The summed E-state index contributed by atoms with van der Waals surface area (Å²) in [6.07, 6.45) is 0. The van der Waals surface area contributed by atoms with Crippen LogP contribution in [0.25, 0.3) is 5.69 Å². The van der Waals surface area contributed by atoms with Crippen LogP contribution >= 0.6 is 0 Å². The van der Waals surface area contributed by atoms with E-state index in [1.807, 2.05) is 61.7 Å². The minimum absolute atomic E-state index is 0.353. The molecule has 0 aliphatic heterocycles. The van der Waals surface area contributed by atoms with Crippen molar-refractivity contribution in [2.24, 2.45) is 0 Å². The van der Waals surface area contributed by atoms with Crippen molar-refractivity contribution in [1.29, 1.82) is 0 Å². The van der Waals surface area contributed by atoms with Crippen LogP contribution in [0, 0.1) is 13.8 Å². The van der Waals surface area contributed by atoms with Crippen molar-refractivity contribution in [3.63, 3.8) is 0 Å². The third-order valence-electron chi connectivity index (χ3n) is 3.27. The number of para-hydroxylation sites is 2. The number of carbonyl (C=O) groups is 1. The third kappa shape index (κ3) is 2.21. The minimum atomic E-state index is -0.887. The highest BCUT2D eigenvalue weighted by molar-refractivity contribution is 5.89. The average Bonchev–Trinajstić information content (AvgIpc) is 2.65. The summed E-state index contributed by atoms with van der Waals surface area (Å²) in [7, 11) is 3.95. The van der Waals surface area contributed by atoms with E-state index in [2.05, 4.69) is 0 Å². The molecule has 2 rings (SSSR count). The van der Waals surface area contributed by atoms with Crippen molar-refractivity contribution >= 4 is 11.7 Å². The van der Waals surface area contributed by atoms with Gasteiger partial charge in [0.15, 0.2) is 0 Å². The smallest absolute Gasteiger partial charge is 0.337 e. The zero-order chi connectivity index (χ0) is 14.2. The predicted octanol–water partition coefficient (Wildman–Crippen LogP) is 2.86. The molecule has 0 amide bonds. The summed E-state index contributed by atoms with van der Waals surface area (Å²) < 4.78 is 1.98. The van der Waals surface area contributed by atoms with Crippen LogP contribution in [0.4, 0.5) is 5.69 Å². The Kier molecular flexibility index (Phi) is 3.34. The number of benzene rings is 1. The van der Waals surface area contributed by atoms with Crippen molar-refractivity contribution in [2.45, 2.75) is 13.8 Å². The van der Waals surface area contributed by atoms with Crippen LogP contribution in [0.15, 0.2) is 30.3 Å². The van der Waals surface area contributed by atoms with E-state index in [0.717, 1.165) is 22.8 Å². The van der Waals surface area contributed by atoms with Gasteiger partial charge in [-0.05, 0) is 32.0 Å². The maximum atomic E-state index is 11.2. The first-order valence-corrected chi connectivity index (χ1v) is 6.12. The van der Waals surface area contributed by atoms with Gasteiger partial charge in [0.1, 0.15) is 0 Å². The normalized spacial score (nSPS) is 10.5. The van der Waals surface area contributed by atoms with Crippen LogP contribution in [0.3, 0.4) is 0 Å². The number of aryl methyl sites for hydroxylation is 1. The van der Waals surface area contributed by atoms with Gasteiger partial charge in [-0.15, -0.1) is 0 Å². The van der Waals surface area contributed by atoms with Gasteiger partial charge in [0, 0.05) is 25.5 Å². The minimum Gasteiger partial charge on any atom is -0.478 e. The molecule has 1 aromatic carbocycles. The maximum Gasteiger partial charge on any atom is 0.337 e. The Morgan fingerprint density at radius 2 is 1.84 bits per heavy atom. The van der Waals surface area contributed by atoms with E-state index in [1.165, 1.54) is 0 Å². The van der Waals surface area contributed by atoms with E-state index >= 15 is 0 Å². The zero-order valence-electron chi connectivity index (χ0n) is 11.6. The molecule has 0 fully saturated rings. The lowest BCUT2D eigenvalue weighted by Gasteiger charge is -2.20. The topological polar surface area (TPSA) is 45.5 Å². The molecule has 0 spiro atoms. The molecule has 4 nitrogen and oxygen atoms in total. The number of nitrogens with zero attached hydrogens (tertiary/aromatic N) is 2. The Morgan fingerprint density at radius 3 is 2.37 bits per heavy atom. The highest BCUT2D eigenvalue weighted by Crippen LogP contribution is 2.27. The second-order valence-electron chi connectivity index (χ2n) is 4.81. The number of carboxylic acids is 1. The number of hydrogen-bond donors (Lipinski definition) is 1. The van der Waals surface area contributed by atoms with Gasteiger partial charge < -0.3 is 14.6 Å². The molecule has 0 saturated carbocycles. The molecule has 0 unspecified atom stereocenters. The molecule has 2 aromatic rings. The Bertz CT molecular complexity index is 627. The van der Waals surface area contributed by atoms with Crippen LogP contribution < -0.4 is 4.90 Å². The summed E-state index contributed by atoms with van der Waals surface area (Å²) in [4.78, 5) is 13.2. The molecule has 1 N–H and O–H groups in total. The zero-order valence-corrected chi connectivity index (χ0v) is 11.6. The van der Waals surface area contributed by atoms with Crippen LogP contribution in [0.5, 0.6) is 0 Å². The number of aromatic carboxylic acids is 1. The van der Waals surface area contributed by atoms with Gasteiger partial charge in [-0.3, -0.25) is 0 Å². The molecule has 0 radical (unpaired) electrons. The Labute approximate surface area is 112 Å². The standard InChI is InChI=1S/C15H18N2O2/c1-10-9-12(15(18)19)11(2)17(10)14-8-6-5-7-13(14)16(3)4/h5-9H,1-4H3,(H,18,19). The molecule has 0 aliphatic rings. The molecule has 0 saturated heterocycles. The lowest BCUT2D eigenvalue weighted by atomic mass is 10.2. The molecule has 1 aromatic heterocycles. The highest BCUT2D eigenvalue weighted by atomic mass is 16.4. The van der Waals surface area contributed by atoms with Gasteiger partial charge in [-0.25, -0.2) is 4.79 Å². The SMILES string of the molecule is Cc1cc(C(=O)O)c(C)n1-c1ccccc1N(C)C. The van der Waals surface area contributed by atoms with Crippen molar-refractivity contribution in [3.05, 3.63) is 47.3 Å². The number of rotatable bonds is 3. The number of aromatic nitrogens is 1. The average molecular weight is 258 g/mol. The molecule has 0 atom stereocenters. The number of anilines is 1. The summed E-state index contributed by atoms with van der Waals surface area (Å²) in [6, 6.07) is 9.67. The summed E-state index contributed by atoms with van der Waals surface area (Å²) >= 11 is 0. The van der Waals surface area contributed by atoms with Gasteiger partial charge in [0.25, 0.3) is 0 Å². The van der Waals surface area contributed by atoms with Crippen molar-refractivity contribution in [2.75, 3.05) is 19.0 Å². The quantitative estimate of drug-likeness (QED) is 0.920. The Morgan fingerprint density at radius 1 is 1.21 bits per heavy atom. The highest BCUT2D eigenvalue weighted by Gasteiger charge is 2.17. The van der Waals surface area contributed by atoms with Gasteiger partial charge in [0.2, 0.25) is 0 Å². The van der Waals surface area contributed by atoms with Crippen LogP contribution in [0.1, 0.15) is 21.7 Å². The Hall–Kier alpha value is -2.23. The molecular weight excluding hydrogens is 240 g/mol. The van der Waals surface area contributed by atoms with Crippen LogP contribution in [0.2, 0.25) is 0 Å². The van der Waals surface area contributed by atoms with E-state index in [0.29, 0.717) is 5.56 Å². The van der Waals surface area contributed by atoms with Gasteiger partial charge >= 0.3 is 5.97 Å². The fourth-order valence-electron chi connectivity index (χ4n) is 2.38. The first-order valence-electron chi connectivity index (χ1n) is 6.12. The lowest BCUT2D eigenvalue weighted by molar-refractivity contribution is 0.0696. The van der Waals surface area contributed by atoms with Gasteiger partial charge in [0.05, 0.1) is 16.9 Å². The van der Waals surface area contributed by atoms with Crippen molar-refractivity contribution in [3.8, 4) is 5.69 Å². The first-order chi connectivity index (χ1) is 8.93. The lowest BCUT2D eigenvalue weighted by Crippen LogP contribution is -2.13.